The lowest BCUT2D eigenvalue weighted by molar-refractivity contribution is -0.922. The van der Waals surface area contributed by atoms with E-state index in [4.69, 9.17) is 0 Å². The number of carbonyl (C=O) groups excluding carboxylic acids is 2. The Hall–Kier alpha value is -1.10. The van der Waals surface area contributed by atoms with Crippen molar-refractivity contribution >= 4 is 11.9 Å². The van der Waals surface area contributed by atoms with E-state index in [0.29, 0.717) is 5.92 Å². The number of hydrogen-bond donors (Lipinski definition) is 3. The topological polar surface area (TPSA) is 62.6 Å². The number of rotatable bonds is 2. The van der Waals surface area contributed by atoms with E-state index in [1.54, 1.807) is 0 Å². The number of nitrogens with one attached hydrogen (secondary N) is 3. The summed E-state index contributed by atoms with van der Waals surface area (Å²) in [6, 6.07) is -0.582. The Labute approximate surface area is 96.6 Å². The first-order chi connectivity index (χ1) is 7.54. The number of quaternary nitrogens is 1. The van der Waals surface area contributed by atoms with Gasteiger partial charge in [0.2, 0.25) is 0 Å². The Morgan fingerprint density at radius 2 is 2.12 bits per heavy atom. The molecule has 3 atom stereocenters. The molecule has 0 aliphatic carbocycles. The van der Waals surface area contributed by atoms with Gasteiger partial charge in [0.1, 0.15) is 0 Å². The quantitative estimate of drug-likeness (QED) is 0.576. The van der Waals surface area contributed by atoms with Gasteiger partial charge in [-0.15, -0.1) is 0 Å². The standard InChI is InChI=1S/C11H21N3O2/c1-8-5-4-6-14(7-8)9(2)10(15)13-11(16)12-3/h8-9H,4-7H2,1-3H3,(H2,12,13,15,16)/p+1/t8-,9-/m0/s1. The van der Waals surface area contributed by atoms with E-state index in [1.165, 1.54) is 18.4 Å². The number of hydrogen-bond acceptors (Lipinski definition) is 2. The van der Waals surface area contributed by atoms with Crippen LogP contribution in [-0.4, -0.2) is 38.1 Å². The maximum atomic E-state index is 11.7. The number of urea groups is 1. The van der Waals surface area contributed by atoms with Crippen molar-refractivity contribution < 1.29 is 14.5 Å². The molecule has 3 amide bonds. The third-order valence-electron chi connectivity index (χ3n) is 3.27. The number of amides is 3. The Bertz CT molecular complexity index is 268. The smallest absolute Gasteiger partial charge is 0.321 e. The zero-order valence-corrected chi connectivity index (χ0v) is 10.3. The van der Waals surface area contributed by atoms with Crippen molar-refractivity contribution in [2.75, 3.05) is 20.1 Å². The molecule has 0 aromatic carbocycles. The summed E-state index contributed by atoms with van der Waals surface area (Å²) in [6.07, 6.45) is 2.40. The van der Waals surface area contributed by atoms with Crippen LogP contribution in [0.15, 0.2) is 0 Å². The molecule has 1 rings (SSSR count). The molecular weight excluding hydrogens is 206 g/mol. The van der Waals surface area contributed by atoms with Crippen LogP contribution in [0.4, 0.5) is 4.79 Å². The summed E-state index contributed by atoms with van der Waals surface area (Å²) in [5, 5.41) is 4.71. The molecule has 1 unspecified atom stereocenters. The van der Waals surface area contributed by atoms with E-state index in [2.05, 4.69) is 17.6 Å². The molecule has 5 nitrogen and oxygen atoms in total. The zero-order valence-electron chi connectivity index (χ0n) is 10.3. The van der Waals surface area contributed by atoms with Crippen LogP contribution >= 0.6 is 0 Å². The summed E-state index contributed by atoms with van der Waals surface area (Å²) < 4.78 is 0. The minimum absolute atomic E-state index is 0.153. The van der Waals surface area contributed by atoms with Crippen LogP contribution in [0.1, 0.15) is 26.7 Å². The molecule has 0 saturated carbocycles. The van der Waals surface area contributed by atoms with Crippen LogP contribution in [0.5, 0.6) is 0 Å². The van der Waals surface area contributed by atoms with Crippen LogP contribution in [0.3, 0.4) is 0 Å². The molecule has 92 valence electrons. The second kappa shape index (κ2) is 5.84. The van der Waals surface area contributed by atoms with Crippen molar-refractivity contribution in [1.29, 1.82) is 0 Å². The third-order valence-corrected chi connectivity index (χ3v) is 3.27. The Morgan fingerprint density at radius 1 is 1.44 bits per heavy atom. The van der Waals surface area contributed by atoms with E-state index in [-0.39, 0.29) is 11.9 Å². The minimum atomic E-state index is -0.429. The molecule has 0 spiro atoms. The van der Waals surface area contributed by atoms with Crippen LogP contribution < -0.4 is 15.5 Å². The molecule has 1 aliphatic heterocycles. The first-order valence-corrected chi connectivity index (χ1v) is 5.91. The highest BCUT2D eigenvalue weighted by Gasteiger charge is 2.29. The first-order valence-electron chi connectivity index (χ1n) is 5.91. The van der Waals surface area contributed by atoms with Gasteiger partial charge >= 0.3 is 6.03 Å². The first kappa shape index (κ1) is 13.0. The SMILES string of the molecule is CNC(=O)NC(=O)[C@H](C)[NH+]1CCC[C@H](C)C1. The third kappa shape index (κ3) is 3.48. The van der Waals surface area contributed by atoms with Crippen LogP contribution in [0.25, 0.3) is 0 Å². The molecular formula is C11H22N3O2+. The van der Waals surface area contributed by atoms with Gasteiger partial charge < -0.3 is 10.2 Å². The van der Waals surface area contributed by atoms with Gasteiger partial charge in [-0.25, -0.2) is 4.79 Å². The summed E-state index contributed by atoms with van der Waals surface area (Å²) >= 11 is 0. The number of imide groups is 1. The van der Waals surface area contributed by atoms with E-state index >= 15 is 0 Å². The average Bonchev–Trinajstić information content (AvgIpc) is 2.27. The summed E-state index contributed by atoms with van der Waals surface area (Å²) in [5.41, 5.74) is 0. The van der Waals surface area contributed by atoms with Gasteiger partial charge in [-0.1, -0.05) is 6.92 Å². The normalized spacial score (nSPS) is 26.9. The molecule has 0 radical (unpaired) electrons. The second-order valence-electron chi connectivity index (χ2n) is 4.65. The van der Waals surface area contributed by atoms with Crippen molar-refractivity contribution in [3.8, 4) is 0 Å². The van der Waals surface area contributed by atoms with E-state index in [9.17, 15) is 9.59 Å². The van der Waals surface area contributed by atoms with Crippen molar-refractivity contribution in [2.24, 2.45) is 5.92 Å². The Balaban J connectivity index is 2.46. The predicted molar refractivity (Wildman–Crippen MR) is 61.2 cm³/mol. The highest BCUT2D eigenvalue weighted by molar-refractivity contribution is 5.96. The van der Waals surface area contributed by atoms with Crippen LogP contribution in [-0.2, 0) is 4.79 Å². The lowest BCUT2D eigenvalue weighted by Crippen LogP contribution is -3.18. The van der Waals surface area contributed by atoms with Crippen molar-refractivity contribution in [3.63, 3.8) is 0 Å². The molecule has 1 heterocycles. The van der Waals surface area contributed by atoms with E-state index in [0.717, 1.165) is 19.5 Å². The highest BCUT2D eigenvalue weighted by atomic mass is 16.2. The molecule has 0 aromatic rings. The summed E-state index contributed by atoms with van der Waals surface area (Å²) in [4.78, 5) is 24.0. The number of likely N-dealkylation sites (tertiary alicyclic amines) is 1. The van der Waals surface area contributed by atoms with Gasteiger partial charge in [0.25, 0.3) is 5.91 Å². The summed E-state index contributed by atoms with van der Waals surface area (Å²) in [6.45, 7) is 6.13. The molecule has 0 bridgehead atoms. The van der Waals surface area contributed by atoms with Gasteiger partial charge in [-0.2, -0.15) is 0 Å². The lowest BCUT2D eigenvalue weighted by Gasteiger charge is -2.31. The average molecular weight is 228 g/mol. The summed E-state index contributed by atoms with van der Waals surface area (Å²) in [5.74, 6) is 0.474. The second-order valence-corrected chi connectivity index (χ2v) is 4.65. The predicted octanol–water partition coefficient (Wildman–Crippen LogP) is -0.855. The van der Waals surface area contributed by atoms with Crippen LogP contribution in [0.2, 0.25) is 0 Å². The molecule has 5 heteroatoms. The zero-order chi connectivity index (χ0) is 12.1. The minimum Gasteiger partial charge on any atom is -0.341 e. The summed E-state index contributed by atoms with van der Waals surface area (Å²) in [7, 11) is 1.50. The van der Waals surface area contributed by atoms with Crippen molar-refractivity contribution in [2.45, 2.75) is 32.7 Å². The van der Waals surface area contributed by atoms with Gasteiger partial charge in [0.15, 0.2) is 6.04 Å². The van der Waals surface area contributed by atoms with Crippen molar-refractivity contribution in [3.05, 3.63) is 0 Å². The van der Waals surface area contributed by atoms with Gasteiger partial charge in [0, 0.05) is 13.0 Å². The highest BCUT2D eigenvalue weighted by Crippen LogP contribution is 2.05. The molecule has 3 N–H and O–H groups in total. The fourth-order valence-electron chi connectivity index (χ4n) is 2.19. The monoisotopic (exact) mass is 228 g/mol. The van der Waals surface area contributed by atoms with Gasteiger partial charge in [-0.3, -0.25) is 10.1 Å². The molecule has 0 aromatic heterocycles. The fraction of sp³-hybridized carbons (Fsp3) is 0.818. The number of piperidine rings is 1. The number of carbonyl (C=O) groups is 2. The van der Waals surface area contributed by atoms with Gasteiger partial charge in [0.05, 0.1) is 13.1 Å². The lowest BCUT2D eigenvalue weighted by atomic mass is 9.99. The van der Waals surface area contributed by atoms with E-state index < -0.39 is 6.03 Å². The van der Waals surface area contributed by atoms with E-state index in [1.807, 2.05) is 6.92 Å². The van der Waals surface area contributed by atoms with Crippen LogP contribution in [0, 0.1) is 5.92 Å². The molecule has 1 saturated heterocycles. The molecule has 1 aliphatic rings. The van der Waals surface area contributed by atoms with Crippen molar-refractivity contribution in [1.82, 2.24) is 10.6 Å². The fourth-order valence-corrected chi connectivity index (χ4v) is 2.19. The maximum absolute atomic E-state index is 11.7. The molecule has 1 fully saturated rings. The largest absolute Gasteiger partial charge is 0.341 e. The Kier molecular flexibility index (Phi) is 4.73. The Morgan fingerprint density at radius 3 is 2.69 bits per heavy atom. The molecule has 16 heavy (non-hydrogen) atoms. The van der Waals surface area contributed by atoms with Gasteiger partial charge in [-0.05, 0) is 19.8 Å². The maximum Gasteiger partial charge on any atom is 0.321 e.